The molecule has 0 saturated carbocycles. The molecule has 0 bridgehead atoms. The molecule has 0 aliphatic rings. The number of hydrogen-bond acceptors (Lipinski definition) is 5. The van der Waals surface area contributed by atoms with E-state index < -0.39 is 5.60 Å². The van der Waals surface area contributed by atoms with Crippen molar-refractivity contribution in [3.8, 4) is 0 Å². The Morgan fingerprint density at radius 1 is 1.30 bits per heavy atom. The van der Waals surface area contributed by atoms with Gasteiger partial charge in [0.15, 0.2) is 0 Å². The molecular formula is C17H31N3O2S. The molecule has 23 heavy (non-hydrogen) atoms. The molecule has 0 fully saturated rings. The van der Waals surface area contributed by atoms with Crippen molar-refractivity contribution in [3.63, 3.8) is 0 Å². The van der Waals surface area contributed by atoms with Crippen LogP contribution in [0.5, 0.6) is 0 Å². The van der Waals surface area contributed by atoms with Crippen LogP contribution in [0.25, 0.3) is 0 Å². The van der Waals surface area contributed by atoms with Crippen molar-refractivity contribution in [3.05, 3.63) is 16.1 Å². The minimum atomic E-state index is -0.470. The van der Waals surface area contributed by atoms with Gasteiger partial charge in [-0.1, -0.05) is 27.7 Å². The van der Waals surface area contributed by atoms with Crippen LogP contribution in [0.3, 0.4) is 0 Å². The van der Waals surface area contributed by atoms with Crippen LogP contribution >= 0.6 is 11.3 Å². The SMILES string of the molecule is CCC(CNCc1cnc(C(C)(C)C)s1)NC(=O)OC(C)(C)C. The van der Waals surface area contributed by atoms with Crippen molar-refractivity contribution in [2.75, 3.05) is 6.54 Å². The van der Waals surface area contributed by atoms with Gasteiger partial charge < -0.3 is 15.4 Å². The van der Waals surface area contributed by atoms with Crippen molar-refractivity contribution in [2.24, 2.45) is 0 Å². The van der Waals surface area contributed by atoms with E-state index in [-0.39, 0.29) is 17.6 Å². The lowest BCUT2D eigenvalue weighted by molar-refractivity contribution is 0.0502. The average molecular weight is 342 g/mol. The molecule has 0 radical (unpaired) electrons. The van der Waals surface area contributed by atoms with Crippen LogP contribution in [0, 0.1) is 0 Å². The second-order valence-electron chi connectivity index (χ2n) is 7.76. The van der Waals surface area contributed by atoms with Gasteiger partial charge in [-0.3, -0.25) is 0 Å². The molecule has 1 aromatic heterocycles. The number of alkyl carbamates (subject to hydrolysis) is 1. The van der Waals surface area contributed by atoms with Gasteiger partial charge in [-0.25, -0.2) is 9.78 Å². The molecule has 6 heteroatoms. The van der Waals surface area contributed by atoms with Gasteiger partial charge >= 0.3 is 6.09 Å². The van der Waals surface area contributed by atoms with Gasteiger partial charge in [-0.2, -0.15) is 0 Å². The first-order valence-corrected chi connectivity index (χ1v) is 8.98. The molecule has 1 atom stereocenters. The third-order valence-electron chi connectivity index (χ3n) is 3.10. The molecule has 5 nitrogen and oxygen atoms in total. The van der Waals surface area contributed by atoms with E-state index in [9.17, 15) is 4.79 Å². The number of aromatic nitrogens is 1. The highest BCUT2D eigenvalue weighted by Gasteiger charge is 2.19. The third-order valence-corrected chi connectivity index (χ3v) is 4.52. The van der Waals surface area contributed by atoms with Gasteiger partial charge in [-0.15, -0.1) is 11.3 Å². The van der Waals surface area contributed by atoms with E-state index in [2.05, 4.69) is 36.4 Å². The zero-order valence-corrected chi connectivity index (χ0v) is 16.3. The van der Waals surface area contributed by atoms with E-state index >= 15 is 0 Å². The van der Waals surface area contributed by atoms with Crippen LogP contribution in [0.15, 0.2) is 6.20 Å². The van der Waals surface area contributed by atoms with E-state index in [0.717, 1.165) is 18.0 Å². The summed E-state index contributed by atoms with van der Waals surface area (Å²) in [4.78, 5) is 17.5. The molecule has 0 saturated heterocycles. The summed E-state index contributed by atoms with van der Waals surface area (Å²) in [5, 5.41) is 7.44. The highest BCUT2D eigenvalue weighted by Crippen LogP contribution is 2.26. The molecule has 1 rings (SSSR count). The quantitative estimate of drug-likeness (QED) is 0.825. The van der Waals surface area contributed by atoms with Gasteiger partial charge in [0.05, 0.1) is 5.01 Å². The van der Waals surface area contributed by atoms with Gasteiger partial charge in [0.25, 0.3) is 0 Å². The number of carbonyl (C=O) groups excluding carboxylic acids is 1. The Kier molecular flexibility index (Phi) is 7.02. The monoisotopic (exact) mass is 341 g/mol. The second-order valence-corrected chi connectivity index (χ2v) is 8.88. The Labute approximate surface area is 144 Å². The highest BCUT2D eigenvalue weighted by atomic mass is 32.1. The fourth-order valence-electron chi connectivity index (χ4n) is 1.88. The van der Waals surface area contributed by atoms with Crippen molar-refractivity contribution in [1.82, 2.24) is 15.6 Å². The van der Waals surface area contributed by atoms with E-state index in [4.69, 9.17) is 4.74 Å². The van der Waals surface area contributed by atoms with E-state index in [1.807, 2.05) is 33.9 Å². The lowest BCUT2D eigenvalue weighted by atomic mass is 9.98. The zero-order valence-electron chi connectivity index (χ0n) is 15.4. The van der Waals surface area contributed by atoms with Crippen molar-refractivity contribution in [2.45, 2.75) is 78.5 Å². The first-order valence-electron chi connectivity index (χ1n) is 8.16. The topological polar surface area (TPSA) is 63.2 Å². The van der Waals surface area contributed by atoms with Crippen molar-refractivity contribution < 1.29 is 9.53 Å². The average Bonchev–Trinajstić information content (AvgIpc) is 2.84. The van der Waals surface area contributed by atoms with Crippen LogP contribution in [0.4, 0.5) is 4.79 Å². The van der Waals surface area contributed by atoms with Crippen molar-refractivity contribution >= 4 is 17.4 Å². The summed E-state index contributed by atoms with van der Waals surface area (Å²) in [6.07, 6.45) is 2.42. The maximum Gasteiger partial charge on any atom is 0.407 e. The predicted octanol–water partition coefficient (Wildman–Crippen LogP) is 3.83. The molecule has 1 amide bonds. The number of ether oxygens (including phenoxy) is 1. The Morgan fingerprint density at radius 3 is 2.43 bits per heavy atom. The maximum atomic E-state index is 11.8. The first kappa shape index (κ1) is 19.9. The Hall–Kier alpha value is -1.14. The Balaban J connectivity index is 2.40. The Bertz CT molecular complexity index is 501. The number of nitrogens with one attached hydrogen (secondary N) is 2. The van der Waals surface area contributed by atoms with Gasteiger partial charge in [0.2, 0.25) is 0 Å². The summed E-state index contributed by atoms with van der Waals surface area (Å²) in [5.74, 6) is 0. The van der Waals surface area contributed by atoms with Crippen molar-refractivity contribution in [1.29, 1.82) is 0 Å². The lowest BCUT2D eigenvalue weighted by Crippen LogP contribution is -2.43. The van der Waals surface area contributed by atoms with Gasteiger partial charge in [-0.05, 0) is 27.2 Å². The highest BCUT2D eigenvalue weighted by molar-refractivity contribution is 7.11. The fraction of sp³-hybridized carbons (Fsp3) is 0.765. The Morgan fingerprint density at radius 2 is 1.96 bits per heavy atom. The third kappa shape index (κ3) is 7.79. The van der Waals surface area contributed by atoms with Crippen LogP contribution in [0.2, 0.25) is 0 Å². The minimum absolute atomic E-state index is 0.0554. The maximum absolute atomic E-state index is 11.8. The van der Waals surface area contributed by atoms with Crippen LogP contribution in [-0.2, 0) is 16.7 Å². The molecule has 0 spiro atoms. The number of amides is 1. The van der Waals surface area contributed by atoms with E-state index in [0.29, 0.717) is 6.54 Å². The number of carbonyl (C=O) groups is 1. The predicted molar refractivity (Wildman–Crippen MR) is 96.0 cm³/mol. The number of thiazole rings is 1. The lowest BCUT2D eigenvalue weighted by Gasteiger charge is -2.23. The minimum Gasteiger partial charge on any atom is -0.444 e. The van der Waals surface area contributed by atoms with E-state index in [1.165, 1.54) is 4.88 Å². The summed E-state index contributed by atoms with van der Waals surface area (Å²) in [6.45, 7) is 15.6. The molecule has 1 unspecified atom stereocenters. The molecule has 2 N–H and O–H groups in total. The smallest absolute Gasteiger partial charge is 0.407 e. The second kappa shape index (κ2) is 8.11. The molecule has 0 aliphatic carbocycles. The fourth-order valence-corrected chi connectivity index (χ4v) is 2.82. The van der Waals surface area contributed by atoms with Crippen LogP contribution in [0.1, 0.15) is 64.8 Å². The molecule has 1 heterocycles. The molecule has 0 aliphatic heterocycles. The molecule has 1 aromatic rings. The zero-order chi connectivity index (χ0) is 17.7. The summed E-state index contributed by atoms with van der Waals surface area (Å²) in [5.41, 5.74) is -0.380. The normalized spacial score (nSPS) is 13.7. The number of nitrogens with zero attached hydrogens (tertiary/aromatic N) is 1. The summed E-state index contributed by atoms with van der Waals surface area (Å²) in [7, 11) is 0. The van der Waals surface area contributed by atoms with Gasteiger partial charge in [0.1, 0.15) is 5.60 Å². The van der Waals surface area contributed by atoms with Crippen LogP contribution < -0.4 is 10.6 Å². The standard InChI is InChI=1S/C17H31N3O2S/c1-8-12(20-15(21)22-17(5,6)7)9-18-10-13-11-19-14(23-13)16(2,3)4/h11-12,18H,8-10H2,1-7H3,(H,20,21). The molecule has 132 valence electrons. The summed E-state index contributed by atoms with van der Waals surface area (Å²) >= 11 is 1.74. The van der Waals surface area contributed by atoms with Gasteiger partial charge in [0, 0.05) is 35.6 Å². The summed E-state index contributed by atoms with van der Waals surface area (Å²) < 4.78 is 5.29. The summed E-state index contributed by atoms with van der Waals surface area (Å²) in [6, 6.07) is 0.0554. The largest absolute Gasteiger partial charge is 0.444 e. The molecule has 0 aromatic carbocycles. The first-order chi connectivity index (χ1) is 10.5. The number of hydrogen-bond donors (Lipinski definition) is 2. The molecular weight excluding hydrogens is 310 g/mol. The van der Waals surface area contributed by atoms with Crippen LogP contribution in [-0.4, -0.2) is 29.3 Å². The van der Waals surface area contributed by atoms with E-state index in [1.54, 1.807) is 11.3 Å². The number of rotatable bonds is 6.